The normalized spacial score (nSPS) is 11.1. The van der Waals surface area contributed by atoms with E-state index in [9.17, 15) is 0 Å². The second-order valence-electron chi connectivity index (χ2n) is 5.87. The van der Waals surface area contributed by atoms with Gasteiger partial charge < -0.3 is 17.0 Å². The third-order valence-electron chi connectivity index (χ3n) is 3.78. The highest BCUT2D eigenvalue weighted by atomic mass is 79.9. The van der Waals surface area contributed by atoms with Crippen LogP contribution in [-0.2, 0) is 0 Å². The predicted molar refractivity (Wildman–Crippen MR) is 82.9 cm³/mol. The standard InChI is InChI=1S/C17H30N.BrH/c1-4-5-6-7-8-9-13-16-18(2,3)17-14-11-10-12-15-17;/h10-12,14-15H,4-9,13,16H2,1-3H3;1H/q+1;/p-1. The monoisotopic (exact) mass is 327 g/mol. The van der Waals surface area contributed by atoms with E-state index in [2.05, 4.69) is 51.4 Å². The first-order chi connectivity index (χ1) is 8.67. The summed E-state index contributed by atoms with van der Waals surface area (Å²) < 4.78 is 1.01. The van der Waals surface area contributed by atoms with Crippen molar-refractivity contribution < 1.29 is 17.0 Å². The van der Waals surface area contributed by atoms with E-state index in [1.54, 1.807) is 0 Å². The molecule has 0 heterocycles. The van der Waals surface area contributed by atoms with E-state index < -0.39 is 0 Å². The number of nitrogens with zero attached hydrogens (tertiary/aromatic N) is 1. The van der Waals surface area contributed by atoms with Gasteiger partial charge in [-0.25, -0.2) is 0 Å². The molecule has 2 heteroatoms. The van der Waals surface area contributed by atoms with Crippen molar-refractivity contribution in [3.8, 4) is 0 Å². The molecule has 0 radical (unpaired) electrons. The Bertz CT molecular complexity index is 308. The van der Waals surface area contributed by atoms with Crippen LogP contribution in [0.4, 0.5) is 5.69 Å². The van der Waals surface area contributed by atoms with Gasteiger partial charge in [-0.3, -0.25) is 4.48 Å². The predicted octanol–water partition coefficient (Wildman–Crippen LogP) is 2.01. The fraction of sp³-hybridized carbons (Fsp3) is 0.647. The number of rotatable bonds is 9. The van der Waals surface area contributed by atoms with Crippen LogP contribution >= 0.6 is 0 Å². The zero-order valence-corrected chi connectivity index (χ0v) is 14.5. The van der Waals surface area contributed by atoms with Crippen LogP contribution in [-0.4, -0.2) is 20.6 Å². The van der Waals surface area contributed by atoms with E-state index >= 15 is 0 Å². The van der Waals surface area contributed by atoms with Gasteiger partial charge in [0.2, 0.25) is 0 Å². The minimum Gasteiger partial charge on any atom is -1.00 e. The number of para-hydroxylation sites is 1. The van der Waals surface area contributed by atoms with E-state index in [4.69, 9.17) is 0 Å². The van der Waals surface area contributed by atoms with Gasteiger partial charge in [0.25, 0.3) is 0 Å². The van der Waals surface area contributed by atoms with Crippen molar-refractivity contribution in [3.63, 3.8) is 0 Å². The molecule has 0 saturated carbocycles. The van der Waals surface area contributed by atoms with Gasteiger partial charge >= 0.3 is 0 Å². The largest absolute Gasteiger partial charge is 1.00 e. The van der Waals surface area contributed by atoms with Crippen molar-refractivity contribution in [1.29, 1.82) is 0 Å². The molecule has 0 N–H and O–H groups in total. The van der Waals surface area contributed by atoms with Crippen LogP contribution in [0.2, 0.25) is 0 Å². The van der Waals surface area contributed by atoms with Crippen LogP contribution in [0.3, 0.4) is 0 Å². The van der Waals surface area contributed by atoms with E-state index in [1.165, 1.54) is 57.2 Å². The zero-order chi connectivity index (χ0) is 13.3. The Kier molecular flexibility index (Phi) is 10.3. The molecule has 1 nitrogen and oxygen atoms in total. The Morgan fingerprint density at radius 2 is 1.32 bits per heavy atom. The molecule has 1 aromatic rings. The van der Waals surface area contributed by atoms with Crippen molar-refractivity contribution in [2.45, 2.75) is 51.9 Å². The average molecular weight is 328 g/mol. The van der Waals surface area contributed by atoms with Gasteiger partial charge in [0.15, 0.2) is 0 Å². The highest BCUT2D eigenvalue weighted by molar-refractivity contribution is 5.40. The van der Waals surface area contributed by atoms with E-state index in [0.717, 1.165) is 4.48 Å². The number of quaternary nitrogens is 1. The van der Waals surface area contributed by atoms with Crippen molar-refractivity contribution in [3.05, 3.63) is 30.3 Å². The zero-order valence-electron chi connectivity index (χ0n) is 12.9. The molecule has 0 aromatic heterocycles. The molecule has 0 bridgehead atoms. The van der Waals surface area contributed by atoms with Crippen LogP contribution in [0.5, 0.6) is 0 Å². The molecule has 0 aliphatic carbocycles. The molecule has 110 valence electrons. The van der Waals surface area contributed by atoms with Gasteiger partial charge in [0, 0.05) is 0 Å². The van der Waals surface area contributed by atoms with Crippen LogP contribution in [0.25, 0.3) is 0 Å². The van der Waals surface area contributed by atoms with Crippen molar-refractivity contribution in [2.24, 2.45) is 0 Å². The summed E-state index contributed by atoms with van der Waals surface area (Å²) in [5.74, 6) is 0. The number of hydrogen-bond donors (Lipinski definition) is 0. The maximum Gasteiger partial charge on any atom is 0.132 e. The summed E-state index contributed by atoms with van der Waals surface area (Å²) in [6, 6.07) is 10.8. The van der Waals surface area contributed by atoms with Gasteiger partial charge in [-0.1, -0.05) is 57.2 Å². The van der Waals surface area contributed by atoms with Crippen LogP contribution in [0, 0.1) is 0 Å². The minimum absolute atomic E-state index is 0. The van der Waals surface area contributed by atoms with E-state index in [-0.39, 0.29) is 17.0 Å². The second-order valence-corrected chi connectivity index (χ2v) is 5.87. The van der Waals surface area contributed by atoms with Crippen molar-refractivity contribution in [1.82, 2.24) is 4.48 Å². The Hall–Kier alpha value is -0.340. The Labute approximate surface area is 130 Å². The first-order valence-corrected chi connectivity index (χ1v) is 7.55. The lowest BCUT2D eigenvalue weighted by Gasteiger charge is -2.29. The Morgan fingerprint density at radius 1 is 0.789 bits per heavy atom. The number of hydrogen-bond acceptors (Lipinski definition) is 0. The number of halogens is 1. The third-order valence-corrected chi connectivity index (χ3v) is 3.78. The Balaban J connectivity index is 0.00000324. The SMILES string of the molecule is CCCCCCCCC[N+](C)(C)c1ccccc1.[Br-]. The summed E-state index contributed by atoms with van der Waals surface area (Å²) in [4.78, 5) is 0. The highest BCUT2D eigenvalue weighted by Gasteiger charge is 2.17. The molecular formula is C17H30BrN. The van der Waals surface area contributed by atoms with Crippen LogP contribution in [0.1, 0.15) is 51.9 Å². The van der Waals surface area contributed by atoms with Crippen molar-refractivity contribution in [2.75, 3.05) is 20.6 Å². The molecule has 0 saturated heterocycles. The molecule has 0 unspecified atom stereocenters. The van der Waals surface area contributed by atoms with Gasteiger partial charge in [-0.15, -0.1) is 0 Å². The molecule has 1 aromatic carbocycles. The number of benzene rings is 1. The lowest BCUT2D eigenvalue weighted by Crippen LogP contribution is -3.00. The van der Waals surface area contributed by atoms with Crippen molar-refractivity contribution >= 4 is 5.69 Å². The molecular weight excluding hydrogens is 298 g/mol. The molecule has 0 aliphatic rings. The molecule has 0 aliphatic heterocycles. The molecule has 0 fully saturated rings. The van der Waals surface area contributed by atoms with Gasteiger partial charge in [0.05, 0.1) is 20.6 Å². The maximum absolute atomic E-state index is 2.31. The Morgan fingerprint density at radius 3 is 1.89 bits per heavy atom. The second kappa shape index (κ2) is 10.4. The summed E-state index contributed by atoms with van der Waals surface area (Å²) in [7, 11) is 4.62. The molecule has 1 rings (SSSR count). The topological polar surface area (TPSA) is 0 Å². The maximum atomic E-state index is 2.31. The van der Waals surface area contributed by atoms with E-state index in [1.807, 2.05) is 0 Å². The molecule has 0 atom stereocenters. The van der Waals surface area contributed by atoms with E-state index in [0.29, 0.717) is 0 Å². The quantitative estimate of drug-likeness (QED) is 0.481. The summed E-state index contributed by atoms with van der Waals surface area (Å²) in [5.41, 5.74) is 1.42. The van der Waals surface area contributed by atoms with Crippen LogP contribution < -0.4 is 21.5 Å². The smallest absolute Gasteiger partial charge is 0.132 e. The summed E-state index contributed by atoms with van der Waals surface area (Å²) in [6.07, 6.45) is 9.74. The first-order valence-electron chi connectivity index (χ1n) is 7.55. The summed E-state index contributed by atoms with van der Waals surface area (Å²) in [5, 5.41) is 0. The lowest BCUT2D eigenvalue weighted by atomic mass is 10.1. The highest BCUT2D eigenvalue weighted by Crippen LogP contribution is 2.19. The molecule has 0 amide bonds. The lowest BCUT2D eigenvalue weighted by molar-refractivity contribution is -0.00000406. The van der Waals surface area contributed by atoms with Gasteiger partial charge in [-0.2, -0.15) is 0 Å². The fourth-order valence-corrected chi connectivity index (χ4v) is 2.42. The third kappa shape index (κ3) is 7.74. The van der Waals surface area contributed by atoms with Crippen LogP contribution in [0.15, 0.2) is 30.3 Å². The minimum atomic E-state index is 0. The fourth-order valence-electron chi connectivity index (χ4n) is 2.42. The summed E-state index contributed by atoms with van der Waals surface area (Å²) in [6.45, 7) is 3.53. The number of unbranched alkanes of at least 4 members (excludes halogenated alkanes) is 6. The van der Waals surface area contributed by atoms with Gasteiger partial charge in [-0.05, 0) is 25.0 Å². The summed E-state index contributed by atoms with van der Waals surface area (Å²) >= 11 is 0. The average Bonchev–Trinajstić information content (AvgIpc) is 2.39. The molecule has 19 heavy (non-hydrogen) atoms. The van der Waals surface area contributed by atoms with Gasteiger partial charge in [0.1, 0.15) is 5.69 Å². The first kappa shape index (κ1) is 18.7. The molecule has 0 spiro atoms.